The first-order valence-corrected chi connectivity index (χ1v) is 10.1. The smallest absolute Gasteiger partial charge is 0.412 e. The third kappa shape index (κ3) is 6.30. The van der Waals surface area contributed by atoms with Crippen LogP contribution in [0.15, 0.2) is 48.7 Å². The third-order valence-corrected chi connectivity index (χ3v) is 5.11. The standard InChI is InChI=1S/C22H20ClFN4O5/c1-28(21(31)26-12-14-3-2-4-17(19(14)23)20(29)30)7-8-33-22(32)27-18-10-15-9-16(24)6-5-13(15)11-25-18/h2-6,9-11H,7-8,12H2,1H3,(H,26,31)(H,29,30)(H,25,27,32). The number of ether oxygens (including phenoxy) is 1. The lowest BCUT2D eigenvalue weighted by atomic mass is 10.1. The van der Waals surface area contributed by atoms with E-state index >= 15 is 0 Å². The van der Waals surface area contributed by atoms with Crippen molar-refractivity contribution in [2.75, 3.05) is 25.5 Å². The van der Waals surface area contributed by atoms with Crippen molar-refractivity contribution in [3.8, 4) is 0 Å². The van der Waals surface area contributed by atoms with Gasteiger partial charge in [-0.25, -0.2) is 23.8 Å². The summed E-state index contributed by atoms with van der Waals surface area (Å²) in [6.07, 6.45) is 0.727. The van der Waals surface area contributed by atoms with Gasteiger partial charge in [-0.15, -0.1) is 0 Å². The van der Waals surface area contributed by atoms with Gasteiger partial charge < -0.3 is 20.1 Å². The number of carboxylic acids is 1. The number of amides is 3. The van der Waals surface area contributed by atoms with Crippen LogP contribution in [-0.4, -0.2) is 53.3 Å². The summed E-state index contributed by atoms with van der Waals surface area (Å²) in [6.45, 7) is 0.0322. The average Bonchev–Trinajstić information content (AvgIpc) is 2.77. The van der Waals surface area contributed by atoms with Gasteiger partial charge in [0.05, 0.1) is 17.1 Å². The Morgan fingerprint density at radius 2 is 1.97 bits per heavy atom. The number of halogens is 2. The minimum absolute atomic E-state index is 0.0265. The zero-order valence-electron chi connectivity index (χ0n) is 17.5. The van der Waals surface area contributed by atoms with Gasteiger partial charge in [-0.3, -0.25) is 5.32 Å². The molecule has 2 aromatic carbocycles. The van der Waals surface area contributed by atoms with Crippen LogP contribution >= 0.6 is 11.6 Å². The predicted molar refractivity (Wildman–Crippen MR) is 120 cm³/mol. The van der Waals surface area contributed by atoms with E-state index in [4.69, 9.17) is 21.4 Å². The lowest BCUT2D eigenvalue weighted by Crippen LogP contribution is -2.39. The highest BCUT2D eigenvalue weighted by molar-refractivity contribution is 6.34. The predicted octanol–water partition coefficient (Wildman–Crippen LogP) is 4.12. The molecule has 3 N–H and O–H groups in total. The van der Waals surface area contributed by atoms with Crippen molar-refractivity contribution in [2.24, 2.45) is 0 Å². The van der Waals surface area contributed by atoms with Crippen LogP contribution < -0.4 is 10.6 Å². The first-order chi connectivity index (χ1) is 15.7. The first kappa shape index (κ1) is 23.7. The van der Waals surface area contributed by atoms with Crippen LogP contribution in [0, 0.1) is 5.82 Å². The molecular formula is C22H20ClFN4O5. The number of aromatic nitrogens is 1. The molecule has 0 fully saturated rings. The Morgan fingerprint density at radius 1 is 1.18 bits per heavy atom. The highest BCUT2D eigenvalue weighted by Crippen LogP contribution is 2.21. The summed E-state index contributed by atoms with van der Waals surface area (Å²) in [5.74, 6) is -1.36. The number of carbonyl (C=O) groups is 3. The van der Waals surface area contributed by atoms with Gasteiger partial charge in [-0.05, 0) is 41.3 Å². The monoisotopic (exact) mass is 474 g/mol. The minimum Gasteiger partial charge on any atom is -0.478 e. The van der Waals surface area contributed by atoms with Gasteiger partial charge in [-0.1, -0.05) is 23.7 Å². The van der Waals surface area contributed by atoms with Crippen LogP contribution in [0.4, 0.5) is 19.8 Å². The Balaban J connectivity index is 1.44. The van der Waals surface area contributed by atoms with Gasteiger partial charge in [-0.2, -0.15) is 0 Å². The Bertz CT molecular complexity index is 1210. The normalized spacial score (nSPS) is 10.5. The molecule has 0 unspecified atom stereocenters. The fourth-order valence-electron chi connectivity index (χ4n) is 2.88. The van der Waals surface area contributed by atoms with E-state index in [9.17, 15) is 18.8 Å². The van der Waals surface area contributed by atoms with Gasteiger partial charge in [0.2, 0.25) is 0 Å². The second-order valence-electron chi connectivity index (χ2n) is 6.99. The topological polar surface area (TPSA) is 121 Å². The highest BCUT2D eigenvalue weighted by Gasteiger charge is 2.14. The summed E-state index contributed by atoms with van der Waals surface area (Å²) in [7, 11) is 1.51. The number of carbonyl (C=O) groups excluding carboxylic acids is 2. The molecule has 172 valence electrons. The third-order valence-electron chi connectivity index (χ3n) is 4.66. The van der Waals surface area contributed by atoms with E-state index in [0.717, 1.165) is 5.39 Å². The Kier molecular flexibility index (Phi) is 7.62. The fraction of sp³-hybridized carbons (Fsp3) is 0.182. The van der Waals surface area contributed by atoms with E-state index in [-0.39, 0.29) is 36.1 Å². The first-order valence-electron chi connectivity index (χ1n) is 9.73. The molecule has 33 heavy (non-hydrogen) atoms. The van der Waals surface area contributed by atoms with E-state index in [0.29, 0.717) is 10.9 Å². The molecule has 11 heteroatoms. The van der Waals surface area contributed by atoms with Crippen LogP contribution in [0.3, 0.4) is 0 Å². The van der Waals surface area contributed by atoms with Crippen LogP contribution in [0.25, 0.3) is 10.8 Å². The Labute approximate surface area is 193 Å². The number of anilines is 1. The summed E-state index contributed by atoms with van der Waals surface area (Å²) in [4.78, 5) is 40.7. The van der Waals surface area contributed by atoms with Gasteiger partial charge in [0.15, 0.2) is 0 Å². The van der Waals surface area contributed by atoms with Gasteiger partial charge in [0.1, 0.15) is 18.2 Å². The van der Waals surface area contributed by atoms with E-state index in [1.54, 1.807) is 12.1 Å². The average molecular weight is 475 g/mol. The molecule has 0 aliphatic carbocycles. The number of likely N-dealkylation sites (N-methyl/N-ethyl adjacent to an activating group) is 1. The van der Waals surface area contributed by atoms with Gasteiger partial charge >= 0.3 is 18.1 Å². The Hall–Kier alpha value is -3.92. The fourth-order valence-corrected chi connectivity index (χ4v) is 3.16. The molecule has 0 radical (unpaired) electrons. The molecule has 0 spiro atoms. The molecule has 3 rings (SSSR count). The van der Waals surface area contributed by atoms with E-state index < -0.39 is 23.9 Å². The molecule has 1 heterocycles. The number of rotatable bonds is 7. The lowest BCUT2D eigenvalue weighted by molar-refractivity contribution is 0.0697. The quantitative estimate of drug-likeness (QED) is 0.473. The highest BCUT2D eigenvalue weighted by atomic mass is 35.5. The molecular weight excluding hydrogens is 455 g/mol. The number of hydrogen-bond donors (Lipinski definition) is 3. The molecule has 3 aromatic rings. The van der Waals surface area contributed by atoms with Crippen molar-refractivity contribution < 1.29 is 28.6 Å². The van der Waals surface area contributed by atoms with Crippen LogP contribution in [0.5, 0.6) is 0 Å². The summed E-state index contributed by atoms with van der Waals surface area (Å²) in [5, 5.41) is 15.5. The second-order valence-corrected chi connectivity index (χ2v) is 7.36. The second kappa shape index (κ2) is 10.6. The van der Waals surface area contributed by atoms with Crippen LogP contribution in [-0.2, 0) is 11.3 Å². The lowest BCUT2D eigenvalue weighted by Gasteiger charge is -2.18. The maximum atomic E-state index is 13.4. The molecule has 3 amide bonds. The number of nitrogens with one attached hydrogen (secondary N) is 2. The number of nitrogens with zero attached hydrogens (tertiary/aromatic N) is 2. The van der Waals surface area contributed by atoms with Crippen molar-refractivity contribution in [2.45, 2.75) is 6.54 Å². The molecule has 0 saturated carbocycles. The summed E-state index contributed by atoms with van der Waals surface area (Å²) in [5.41, 5.74) is 0.402. The molecule has 0 atom stereocenters. The number of benzene rings is 2. The summed E-state index contributed by atoms with van der Waals surface area (Å²) < 4.78 is 18.4. The van der Waals surface area contributed by atoms with E-state index in [1.165, 1.54) is 48.5 Å². The molecule has 9 nitrogen and oxygen atoms in total. The molecule has 0 saturated heterocycles. The van der Waals surface area contributed by atoms with Crippen molar-refractivity contribution >= 4 is 46.3 Å². The summed E-state index contributed by atoms with van der Waals surface area (Å²) >= 11 is 6.06. The van der Waals surface area contributed by atoms with Crippen LogP contribution in [0.2, 0.25) is 5.02 Å². The Morgan fingerprint density at radius 3 is 2.73 bits per heavy atom. The molecule has 1 aromatic heterocycles. The van der Waals surface area contributed by atoms with Gasteiger partial charge in [0.25, 0.3) is 0 Å². The van der Waals surface area contributed by atoms with Crippen molar-refractivity contribution in [1.29, 1.82) is 0 Å². The molecule has 0 bridgehead atoms. The number of hydrogen-bond acceptors (Lipinski definition) is 5. The zero-order chi connectivity index (χ0) is 24.0. The number of urea groups is 1. The van der Waals surface area contributed by atoms with Crippen molar-refractivity contribution in [1.82, 2.24) is 15.2 Å². The zero-order valence-corrected chi connectivity index (χ0v) is 18.2. The van der Waals surface area contributed by atoms with Crippen molar-refractivity contribution in [3.05, 3.63) is 70.6 Å². The number of pyridine rings is 1. The molecule has 0 aliphatic rings. The van der Waals surface area contributed by atoms with E-state index in [1.807, 2.05) is 0 Å². The molecule has 0 aliphatic heterocycles. The van der Waals surface area contributed by atoms with Crippen molar-refractivity contribution in [3.63, 3.8) is 0 Å². The number of carboxylic acid groups (broad SMARTS) is 1. The number of fused-ring (bicyclic) bond motifs is 1. The largest absolute Gasteiger partial charge is 0.478 e. The maximum absolute atomic E-state index is 13.4. The maximum Gasteiger partial charge on any atom is 0.412 e. The van der Waals surface area contributed by atoms with Gasteiger partial charge in [0, 0.05) is 25.2 Å². The SMILES string of the molecule is CN(CCOC(=O)Nc1cc2cc(F)ccc2cn1)C(=O)NCc1cccc(C(=O)O)c1Cl. The summed E-state index contributed by atoms with van der Waals surface area (Å²) in [6, 6.07) is 9.80. The minimum atomic E-state index is -1.16. The van der Waals surface area contributed by atoms with E-state index in [2.05, 4.69) is 15.6 Å². The number of aromatic carboxylic acids is 1. The van der Waals surface area contributed by atoms with Crippen LogP contribution in [0.1, 0.15) is 15.9 Å².